The van der Waals surface area contributed by atoms with E-state index in [0.29, 0.717) is 24.6 Å². The molecule has 0 heterocycles. The Labute approximate surface area is 105 Å². The number of alkyl halides is 1. The fourth-order valence-electron chi connectivity index (χ4n) is 1.22. The van der Waals surface area contributed by atoms with Crippen molar-refractivity contribution in [2.45, 2.75) is 19.4 Å². The molecular formula is C12H15ClFNO2. The summed E-state index contributed by atoms with van der Waals surface area (Å²) in [7, 11) is 0. The Morgan fingerprint density at radius 3 is 2.71 bits per heavy atom. The number of halogens is 2. The average Bonchev–Trinajstić information content (AvgIpc) is 2.30. The molecule has 0 saturated heterocycles. The number of ether oxygens (including phenoxy) is 1. The number of carbonyl (C=O) groups is 1. The minimum Gasteiger partial charge on any atom is -0.489 e. The molecule has 0 aliphatic heterocycles. The second kappa shape index (κ2) is 7.12. The summed E-state index contributed by atoms with van der Waals surface area (Å²) in [6, 6.07) is 5.75. The molecule has 0 spiro atoms. The second-order valence-corrected chi connectivity index (χ2v) is 4.00. The SMILES string of the molecule is CC(CNC(=O)CCCl)Oc1ccc(F)cc1. The standard InChI is InChI=1S/C12H15ClFNO2/c1-9(8-15-12(16)6-7-13)17-11-4-2-10(14)3-5-11/h2-5,9H,6-8H2,1H3,(H,15,16). The molecule has 1 atom stereocenters. The number of hydrogen-bond donors (Lipinski definition) is 1. The Kier molecular flexibility index (Phi) is 5.77. The third-order valence-electron chi connectivity index (χ3n) is 2.06. The van der Waals surface area contributed by atoms with Crippen molar-refractivity contribution in [3.8, 4) is 5.75 Å². The Hall–Kier alpha value is -1.29. The van der Waals surface area contributed by atoms with E-state index in [2.05, 4.69) is 5.32 Å². The van der Waals surface area contributed by atoms with Gasteiger partial charge >= 0.3 is 0 Å². The maximum atomic E-state index is 12.6. The number of rotatable bonds is 6. The van der Waals surface area contributed by atoms with Crippen molar-refractivity contribution in [3.63, 3.8) is 0 Å². The Balaban J connectivity index is 2.31. The molecule has 1 N–H and O–H groups in total. The van der Waals surface area contributed by atoms with Crippen LogP contribution < -0.4 is 10.1 Å². The van der Waals surface area contributed by atoms with Gasteiger partial charge in [0.2, 0.25) is 5.91 Å². The van der Waals surface area contributed by atoms with E-state index in [4.69, 9.17) is 16.3 Å². The molecule has 0 bridgehead atoms. The maximum Gasteiger partial charge on any atom is 0.221 e. The summed E-state index contributed by atoms with van der Waals surface area (Å²) >= 11 is 5.43. The van der Waals surface area contributed by atoms with E-state index in [1.165, 1.54) is 12.1 Å². The molecule has 1 amide bonds. The van der Waals surface area contributed by atoms with Crippen molar-refractivity contribution in [2.24, 2.45) is 0 Å². The Morgan fingerprint density at radius 2 is 2.12 bits per heavy atom. The summed E-state index contributed by atoms with van der Waals surface area (Å²) in [4.78, 5) is 11.1. The molecule has 0 saturated carbocycles. The molecule has 1 unspecified atom stereocenters. The lowest BCUT2D eigenvalue weighted by Gasteiger charge is -2.15. The highest BCUT2D eigenvalue weighted by atomic mass is 35.5. The van der Waals surface area contributed by atoms with E-state index in [-0.39, 0.29) is 17.8 Å². The van der Waals surface area contributed by atoms with E-state index in [0.717, 1.165) is 0 Å². The van der Waals surface area contributed by atoms with Crippen LogP contribution in [0.1, 0.15) is 13.3 Å². The van der Waals surface area contributed by atoms with Gasteiger partial charge in [-0.2, -0.15) is 0 Å². The zero-order valence-electron chi connectivity index (χ0n) is 9.58. The number of hydrogen-bond acceptors (Lipinski definition) is 2. The smallest absolute Gasteiger partial charge is 0.221 e. The fourth-order valence-corrected chi connectivity index (χ4v) is 1.39. The van der Waals surface area contributed by atoms with E-state index in [9.17, 15) is 9.18 Å². The van der Waals surface area contributed by atoms with Gasteiger partial charge in [0.05, 0.1) is 6.54 Å². The molecule has 0 radical (unpaired) electrons. The van der Waals surface area contributed by atoms with Gasteiger partial charge in [-0.1, -0.05) is 0 Å². The highest BCUT2D eigenvalue weighted by Gasteiger charge is 2.06. The van der Waals surface area contributed by atoms with Crippen molar-refractivity contribution >= 4 is 17.5 Å². The van der Waals surface area contributed by atoms with Crippen molar-refractivity contribution in [1.82, 2.24) is 5.32 Å². The van der Waals surface area contributed by atoms with Gasteiger partial charge in [0.15, 0.2) is 0 Å². The van der Waals surface area contributed by atoms with Gasteiger partial charge in [-0.3, -0.25) is 4.79 Å². The van der Waals surface area contributed by atoms with Crippen molar-refractivity contribution in [3.05, 3.63) is 30.1 Å². The maximum absolute atomic E-state index is 12.6. The topological polar surface area (TPSA) is 38.3 Å². The van der Waals surface area contributed by atoms with Gasteiger partial charge in [0.25, 0.3) is 0 Å². The predicted octanol–water partition coefficient (Wildman–Crippen LogP) is 2.34. The van der Waals surface area contributed by atoms with Crippen LogP contribution in [0.15, 0.2) is 24.3 Å². The van der Waals surface area contributed by atoms with E-state index < -0.39 is 0 Å². The zero-order chi connectivity index (χ0) is 12.7. The molecule has 94 valence electrons. The first-order chi connectivity index (χ1) is 8.11. The first-order valence-electron chi connectivity index (χ1n) is 5.36. The number of nitrogens with one attached hydrogen (secondary N) is 1. The normalized spacial score (nSPS) is 11.9. The van der Waals surface area contributed by atoms with Gasteiger partial charge in [0.1, 0.15) is 17.7 Å². The quantitative estimate of drug-likeness (QED) is 0.797. The second-order valence-electron chi connectivity index (χ2n) is 3.63. The summed E-state index contributed by atoms with van der Waals surface area (Å²) in [5.74, 6) is 0.472. The Morgan fingerprint density at radius 1 is 1.47 bits per heavy atom. The Bertz CT molecular complexity index is 356. The first kappa shape index (κ1) is 13.8. The van der Waals surface area contributed by atoms with Crippen LogP contribution in [-0.2, 0) is 4.79 Å². The molecule has 0 aliphatic carbocycles. The van der Waals surface area contributed by atoms with E-state index >= 15 is 0 Å². The van der Waals surface area contributed by atoms with Crippen LogP contribution in [0.25, 0.3) is 0 Å². The van der Waals surface area contributed by atoms with Crippen molar-refractivity contribution in [1.29, 1.82) is 0 Å². The fraction of sp³-hybridized carbons (Fsp3) is 0.417. The molecule has 1 aromatic rings. The predicted molar refractivity (Wildman–Crippen MR) is 64.8 cm³/mol. The van der Waals surface area contributed by atoms with Crippen LogP contribution >= 0.6 is 11.6 Å². The first-order valence-corrected chi connectivity index (χ1v) is 5.90. The lowest BCUT2D eigenvalue weighted by Crippen LogP contribution is -2.33. The van der Waals surface area contributed by atoms with Crippen LogP contribution in [0, 0.1) is 5.82 Å². The third-order valence-corrected chi connectivity index (χ3v) is 2.25. The molecule has 0 aliphatic rings. The van der Waals surface area contributed by atoms with Gasteiger partial charge in [-0.15, -0.1) is 11.6 Å². The molecule has 0 aromatic heterocycles. The molecular weight excluding hydrogens is 245 g/mol. The van der Waals surface area contributed by atoms with E-state index in [1.54, 1.807) is 12.1 Å². The van der Waals surface area contributed by atoms with Crippen LogP contribution in [-0.4, -0.2) is 24.4 Å². The monoisotopic (exact) mass is 259 g/mol. The summed E-state index contributed by atoms with van der Waals surface area (Å²) in [5, 5.41) is 2.69. The molecule has 1 rings (SSSR count). The lowest BCUT2D eigenvalue weighted by molar-refractivity contribution is -0.121. The summed E-state index contributed by atoms with van der Waals surface area (Å²) < 4.78 is 18.1. The molecule has 0 fully saturated rings. The summed E-state index contributed by atoms with van der Waals surface area (Å²) in [5.41, 5.74) is 0. The van der Waals surface area contributed by atoms with E-state index in [1.807, 2.05) is 6.92 Å². The molecule has 3 nitrogen and oxygen atoms in total. The average molecular weight is 260 g/mol. The van der Waals surface area contributed by atoms with Crippen LogP contribution in [0.2, 0.25) is 0 Å². The van der Waals surface area contributed by atoms with Crippen molar-refractivity contribution in [2.75, 3.05) is 12.4 Å². The van der Waals surface area contributed by atoms with Crippen LogP contribution in [0.3, 0.4) is 0 Å². The van der Waals surface area contributed by atoms with Crippen molar-refractivity contribution < 1.29 is 13.9 Å². The third kappa shape index (κ3) is 5.54. The number of amides is 1. The number of carbonyl (C=O) groups excluding carboxylic acids is 1. The minimum atomic E-state index is -0.305. The van der Waals surface area contributed by atoms with Gasteiger partial charge in [-0.25, -0.2) is 4.39 Å². The van der Waals surface area contributed by atoms with Gasteiger partial charge < -0.3 is 10.1 Å². The zero-order valence-corrected chi connectivity index (χ0v) is 10.3. The largest absolute Gasteiger partial charge is 0.489 e. The number of benzene rings is 1. The summed E-state index contributed by atoms with van der Waals surface area (Å²) in [6.45, 7) is 2.22. The minimum absolute atomic E-state index is 0.102. The molecule has 5 heteroatoms. The summed E-state index contributed by atoms with van der Waals surface area (Å²) in [6.07, 6.45) is 0.116. The lowest BCUT2D eigenvalue weighted by atomic mass is 10.3. The highest BCUT2D eigenvalue weighted by molar-refractivity contribution is 6.18. The van der Waals surface area contributed by atoms with Crippen LogP contribution in [0.4, 0.5) is 4.39 Å². The van der Waals surface area contributed by atoms with Gasteiger partial charge in [-0.05, 0) is 31.2 Å². The van der Waals surface area contributed by atoms with Crippen LogP contribution in [0.5, 0.6) is 5.75 Å². The molecule has 1 aromatic carbocycles. The molecule has 17 heavy (non-hydrogen) atoms. The highest BCUT2D eigenvalue weighted by Crippen LogP contribution is 2.12. The van der Waals surface area contributed by atoms with Gasteiger partial charge in [0, 0.05) is 12.3 Å².